The van der Waals surface area contributed by atoms with Gasteiger partial charge in [0.15, 0.2) is 6.61 Å². The number of amides is 2. The molecule has 7 heteroatoms. The highest BCUT2D eigenvalue weighted by Crippen LogP contribution is 2.21. The molecular weight excluding hydrogens is 288 g/mol. The summed E-state index contributed by atoms with van der Waals surface area (Å²) >= 11 is 0. The predicted octanol–water partition coefficient (Wildman–Crippen LogP) is 0.500. The predicted molar refractivity (Wildman–Crippen MR) is 79.4 cm³/mol. The Morgan fingerprint density at radius 2 is 1.91 bits per heavy atom. The summed E-state index contributed by atoms with van der Waals surface area (Å²) in [5.74, 6) is -1.87. The van der Waals surface area contributed by atoms with Gasteiger partial charge in [-0.2, -0.15) is 0 Å². The number of aromatic hydroxyl groups is 1. The van der Waals surface area contributed by atoms with Gasteiger partial charge in [-0.3, -0.25) is 9.59 Å². The Bertz CT molecular complexity index is 557. The lowest BCUT2D eigenvalue weighted by molar-refractivity contribution is -0.127. The summed E-state index contributed by atoms with van der Waals surface area (Å²) in [5.41, 5.74) is 0.528. The van der Waals surface area contributed by atoms with Gasteiger partial charge in [0, 0.05) is 6.54 Å². The average Bonchev–Trinajstić information content (AvgIpc) is 2.51. The normalized spacial score (nSPS) is 9.91. The second kappa shape index (κ2) is 8.66. The summed E-state index contributed by atoms with van der Waals surface area (Å²) in [5, 5.41) is 14.7. The van der Waals surface area contributed by atoms with Crippen LogP contribution in [0.5, 0.6) is 5.75 Å². The van der Waals surface area contributed by atoms with Crippen LogP contribution in [0.4, 0.5) is 0 Å². The van der Waals surface area contributed by atoms with Gasteiger partial charge in [0.05, 0.1) is 6.54 Å². The van der Waals surface area contributed by atoms with Gasteiger partial charge >= 0.3 is 5.97 Å². The van der Waals surface area contributed by atoms with Crippen molar-refractivity contribution >= 4 is 17.8 Å². The van der Waals surface area contributed by atoms with Crippen LogP contribution < -0.4 is 10.6 Å². The molecule has 7 nitrogen and oxygen atoms in total. The van der Waals surface area contributed by atoms with Gasteiger partial charge in [0.1, 0.15) is 11.3 Å². The fraction of sp³-hybridized carbons (Fsp3) is 0.400. The second-order valence-corrected chi connectivity index (χ2v) is 4.67. The Balaban J connectivity index is 2.39. The van der Waals surface area contributed by atoms with Gasteiger partial charge in [-0.25, -0.2) is 4.79 Å². The van der Waals surface area contributed by atoms with Crippen LogP contribution >= 0.6 is 0 Å². The third-order valence-electron chi connectivity index (χ3n) is 2.81. The molecule has 0 saturated heterocycles. The van der Waals surface area contributed by atoms with Gasteiger partial charge < -0.3 is 20.5 Å². The Labute approximate surface area is 128 Å². The molecule has 1 aromatic carbocycles. The number of aryl methyl sites for hydroxylation is 1. The maximum absolute atomic E-state index is 11.8. The van der Waals surface area contributed by atoms with E-state index in [9.17, 15) is 19.5 Å². The number of carbonyl (C=O) groups excluding carboxylic acids is 3. The summed E-state index contributed by atoms with van der Waals surface area (Å²) in [6.07, 6.45) is 0.803. The molecule has 0 atom stereocenters. The SMILES string of the molecule is CCCNC(=O)CNC(=O)COC(=O)c1cccc(C)c1O. The summed E-state index contributed by atoms with van der Waals surface area (Å²) in [6, 6.07) is 4.65. The van der Waals surface area contributed by atoms with E-state index >= 15 is 0 Å². The fourth-order valence-corrected chi connectivity index (χ4v) is 1.59. The minimum atomic E-state index is -0.799. The van der Waals surface area contributed by atoms with Crippen LogP contribution in [-0.4, -0.2) is 42.6 Å². The highest BCUT2D eigenvalue weighted by atomic mass is 16.5. The van der Waals surface area contributed by atoms with E-state index in [0.717, 1.165) is 6.42 Å². The molecule has 0 fully saturated rings. The van der Waals surface area contributed by atoms with E-state index in [1.807, 2.05) is 6.92 Å². The van der Waals surface area contributed by atoms with Gasteiger partial charge in [0.25, 0.3) is 5.91 Å². The third kappa shape index (κ3) is 5.43. The molecule has 0 unspecified atom stereocenters. The van der Waals surface area contributed by atoms with Gasteiger partial charge in [0.2, 0.25) is 5.91 Å². The van der Waals surface area contributed by atoms with E-state index in [0.29, 0.717) is 12.1 Å². The van der Waals surface area contributed by atoms with Crippen molar-refractivity contribution in [2.24, 2.45) is 0 Å². The molecule has 2 amide bonds. The Kier molecular flexibility index (Phi) is 6.88. The molecule has 1 rings (SSSR count). The standard InChI is InChI=1S/C15H20N2O5/c1-3-7-16-12(18)8-17-13(19)9-22-15(21)11-6-4-5-10(2)14(11)20/h4-6,20H,3,7-9H2,1-2H3,(H,16,18)(H,17,19). The maximum atomic E-state index is 11.8. The first-order valence-electron chi connectivity index (χ1n) is 6.94. The molecule has 3 N–H and O–H groups in total. The van der Waals surface area contributed by atoms with Crippen LogP contribution in [0.2, 0.25) is 0 Å². The molecule has 1 aromatic rings. The van der Waals surface area contributed by atoms with Crippen molar-refractivity contribution in [2.45, 2.75) is 20.3 Å². The van der Waals surface area contributed by atoms with E-state index in [2.05, 4.69) is 10.6 Å². The highest BCUT2D eigenvalue weighted by Gasteiger charge is 2.15. The molecule has 0 bridgehead atoms. The zero-order chi connectivity index (χ0) is 16.5. The first-order valence-corrected chi connectivity index (χ1v) is 6.94. The largest absolute Gasteiger partial charge is 0.507 e. The number of carbonyl (C=O) groups is 3. The minimum Gasteiger partial charge on any atom is -0.507 e. The monoisotopic (exact) mass is 308 g/mol. The molecule has 120 valence electrons. The van der Waals surface area contributed by atoms with E-state index in [4.69, 9.17) is 4.74 Å². The zero-order valence-corrected chi connectivity index (χ0v) is 12.6. The zero-order valence-electron chi connectivity index (χ0n) is 12.6. The van der Waals surface area contributed by atoms with Crippen molar-refractivity contribution in [1.82, 2.24) is 10.6 Å². The lowest BCUT2D eigenvalue weighted by Crippen LogP contribution is -2.38. The number of ether oxygens (including phenoxy) is 1. The molecule has 22 heavy (non-hydrogen) atoms. The van der Waals surface area contributed by atoms with Crippen molar-refractivity contribution in [3.8, 4) is 5.75 Å². The summed E-state index contributed by atoms with van der Waals surface area (Å²) in [6.45, 7) is 3.41. The van der Waals surface area contributed by atoms with Crippen LogP contribution in [0.1, 0.15) is 29.3 Å². The first-order chi connectivity index (χ1) is 10.5. The van der Waals surface area contributed by atoms with Gasteiger partial charge in [-0.15, -0.1) is 0 Å². The number of esters is 1. The Hall–Kier alpha value is -2.57. The molecule has 0 radical (unpaired) electrons. The Morgan fingerprint density at radius 1 is 1.18 bits per heavy atom. The Morgan fingerprint density at radius 3 is 2.59 bits per heavy atom. The summed E-state index contributed by atoms with van der Waals surface area (Å²) in [4.78, 5) is 34.5. The van der Waals surface area contributed by atoms with Crippen molar-refractivity contribution in [3.63, 3.8) is 0 Å². The summed E-state index contributed by atoms with van der Waals surface area (Å²) < 4.78 is 4.80. The molecule has 0 aromatic heterocycles. The van der Waals surface area contributed by atoms with E-state index in [1.54, 1.807) is 19.1 Å². The minimum absolute atomic E-state index is 0.00603. The van der Waals surface area contributed by atoms with Crippen LogP contribution in [0.15, 0.2) is 18.2 Å². The van der Waals surface area contributed by atoms with Gasteiger partial charge in [-0.05, 0) is 25.0 Å². The molecule has 0 saturated carbocycles. The number of hydrogen-bond donors (Lipinski definition) is 3. The lowest BCUT2D eigenvalue weighted by atomic mass is 10.1. The van der Waals surface area contributed by atoms with Crippen LogP contribution in [0.25, 0.3) is 0 Å². The molecule has 0 spiro atoms. The number of phenols is 1. The molecule has 0 aliphatic carbocycles. The second-order valence-electron chi connectivity index (χ2n) is 4.67. The van der Waals surface area contributed by atoms with Crippen LogP contribution in [-0.2, 0) is 14.3 Å². The molecular formula is C15H20N2O5. The van der Waals surface area contributed by atoms with Crippen molar-refractivity contribution in [2.75, 3.05) is 19.7 Å². The van der Waals surface area contributed by atoms with Gasteiger partial charge in [-0.1, -0.05) is 19.1 Å². The van der Waals surface area contributed by atoms with E-state index < -0.39 is 18.5 Å². The van der Waals surface area contributed by atoms with E-state index in [-0.39, 0.29) is 23.8 Å². The highest BCUT2D eigenvalue weighted by molar-refractivity contribution is 5.94. The van der Waals surface area contributed by atoms with Crippen molar-refractivity contribution in [1.29, 1.82) is 0 Å². The topological polar surface area (TPSA) is 105 Å². The number of nitrogens with one attached hydrogen (secondary N) is 2. The number of rotatable bonds is 7. The molecule has 0 aliphatic heterocycles. The average molecular weight is 308 g/mol. The van der Waals surface area contributed by atoms with Crippen LogP contribution in [0.3, 0.4) is 0 Å². The summed E-state index contributed by atoms with van der Waals surface area (Å²) in [7, 11) is 0. The molecule has 0 heterocycles. The van der Waals surface area contributed by atoms with Crippen molar-refractivity contribution in [3.05, 3.63) is 29.3 Å². The van der Waals surface area contributed by atoms with E-state index in [1.165, 1.54) is 6.07 Å². The molecule has 0 aliphatic rings. The van der Waals surface area contributed by atoms with Crippen LogP contribution in [0, 0.1) is 6.92 Å². The number of hydrogen-bond acceptors (Lipinski definition) is 5. The quantitative estimate of drug-likeness (QED) is 0.636. The number of para-hydroxylation sites is 1. The third-order valence-corrected chi connectivity index (χ3v) is 2.81. The maximum Gasteiger partial charge on any atom is 0.342 e. The number of phenolic OH excluding ortho intramolecular Hbond substituents is 1. The van der Waals surface area contributed by atoms with Crippen molar-refractivity contribution < 1.29 is 24.2 Å². The smallest absolute Gasteiger partial charge is 0.342 e. The first kappa shape index (κ1) is 17.5. The number of benzene rings is 1. The fourth-order valence-electron chi connectivity index (χ4n) is 1.59. The lowest BCUT2D eigenvalue weighted by Gasteiger charge is -2.08.